The predicted molar refractivity (Wildman–Crippen MR) is 301 cm³/mol. The summed E-state index contributed by atoms with van der Waals surface area (Å²) in [6.45, 7) is 0. The van der Waals surface area contributed by atoms with E-state index in [2.05, 4.69) is 288 Å². The Bertz CT molecular complexity index is 3990. The molecule has 14 rings (SSSR count). The van der Waals surface area contributed by atoms with Crippen LogP contribution in [0.15, 0.2) is 279 Å². The SMILES string of the molecule is c1ccc(-c2ccc([Si]3(c4ccccc4)c4ccccc4-n4c5ccc(-n6c7ccccc7c7cc([Si](c8ccccc8)(c8ccccc8)c8ccccc8)ccc76)cc5c5cccc3c54)cc2)cc1. The van der Waals surface area contributed by atoms with E-state index in [1.165, 1.54) is 102 Å². The summed E-state index contributed by atoms with van der Waals surface area (Å²) in [6, 6.07) is 105. The van der Waals surface area contributed by atoms with Gasteiger partial charge in [0.15, 0.2) is 16.1 Å². The minimum absolute atomic E-state index is 1.16. The Morgan fingerprint density at radius 2 is 0.771 bits per heavy atom. The van der Waals surface area contributed by atoms with Gasteiger partial charge in [0, 0.05) is 32.9 Å². The number of para-hydroxylation sites is 3. The van der Waals surface area contributed by atoms with Crippen LogP contribution in [0.5, 0.6) is 0 Å². The molecule has 1 aliphatic heterocycles. The van der Waals surface area contributed by atoms with E-state index in [1.54, 1.807) is 0 Å². The Morgan fingerprint density at radius 3 is 1.46 bits per heavy atom. The molecule has 0 aliphatic carbocycles. The van der Waals surface area contributed by atoms with Crippen molar-refractivity contribution >= 4 is 101 Å². The molecule has 0 saturated carbocycles. The van der Waals surface area contributed by atoms with E-state index in [1.807, 2.05) is 0 Å². The maximum atomic E-state index is 2.57. The molecular weight excluding hydrogens is 877 g/mol. The lowest BCUT2D eigenvalue weighted by Crippen LogP contribution is -2.76. The van der Waals surface area contributed by atoms with Crippen LogP contribution in [0.3, 0.4) is 0 Å². The van der Waals surface area contributed by atoms with Crippen molar-refractivity contribution in [2.24, 2.45) is 0 Å². The van der Waals surface area contributed by atoms with E-state index in [-0.39, 0.29) is 0 Å². The lowest BCUT2D eigenvalue weighted by atomic mass is 10.1. The average molecular weight is 923 g/mol. The Morgan fingerprint density at radius 1 is 0.286 bits per heavy atom. The first-order valence-corrected chi connectivity index (χ1v) is 28.3. The Hall–Kier alpha value is -8.55. The summed E-state index contributed by atoms with van der Waals surface area (Å²) >= 11 is 0. The summed E-state index contributed by atoms with van der Waals surface area (Å²) in [4.78, 5) is 0. The van der Waals surface area contributed by atoms with Crippen molar-refractivity contribution in [3.8, 4) is 22.5 Å². The van der Waals surface area contributed by atoms with Crippen molar-refractivity contribution in [3.05, 3.63) is 279 Å². The third kappa shape index (κ3) is 5.78. The van der Waals surface area contributed by atoms with Crippen LogP contribution in [0.25, 0.3) is 66.1 Å². The number of benzene rings is 11. The summed E-state index contributed by atoms with van der Waals surface area (Å²) < 4.78 is 5.08. The molecule has 2 aromatic heterocycles. The first kappa shape index (κ1) is 40.5. The fraction of sp³-hybridized carbons (Fsp3) is 0. The lowest BCUT2D eigenvalue weighted by molar-refractivity contribution is 1.17. The van der Waals surface area contributed by atoms with Gasteiger partial charge < -0.3 is 9.13 Å². The van der Waals surface area contributed by atoms with E-state index in [0.29, 0.717) is 0 Å². The number of rotatable bonds is 8. The van der Waals surface area contributed by atoms with Crippen LogP contribution in [0.4, 0.5) is 0 Å². The van der Waals surface area contributed by atoms with E-state index in [9.17, 15) is 0 Å². The van der Waals surface area contributed by atoms with Gasteiger partial charge in [-0.2, -0.15) is 0 Å². The predicted octanol–water partition coefficient (Wildman–Crippen LogP) is 10.6. The van der Waals surface area contributed by atoms with Gasteiger partial charge in [-0.25, -0.2) is 0 Å². The second-order valence-electron chi connectivity index (χ2n) is 18.7. The molecule has 0 saturated heterocycles. The molecule has 0 fully saturated rings. The highest BCUT2D eigenvalue weighted by molar-refractivity contribution is 7.21. The molecule has 1 atom stereocenters. The minimum atomic E-state index is -2.85. The molecule has 328 valence electrons. The molecule has 0 amide bonds. The van der Waals surface area contributed by atoms with Crippen molar-refractivity contribution in [3.63, 3.8) is 0 Å². The smallest absolute Gasteiger partial charge is 0.184 e. The van der Waals surface area contributed by atoms with Gasteiger partial charge in [0.25, 0.3) is 0 Å². The van der Waals surface area contributed by atoms with Gasteiger partial charge in [-0.3, -0.25) is 0 Å². The Balaban J connectivity index is 1.01. The maximum absolute atomic E-state index is 2.85. The van der Waals surface area contributed by atoms with E-state index in [0.717, 1.165) is 5.69 Å². The first-order valence-electron chi connectivity index (χ1n) is 24.3. The van der Waals surface area contributed by atoms with Crippen molar-refractivity contribution in [1.82, 2.24) is 9.13 Å². The molecule has 13 aromatic rings. The number of hydrogen-bond donors (Lipinski definition) is 0. The third-order valence-electron chi connectivity index (χ3n) is 15.3. The molecule has 1 unspecified atom stereocenters. The highest BCUT2D eigenvalue weighted by Crippen LogP contribution is 2.39. The number of aromatic nitrogens is 2. The fourth-order valence-corrected chi connectivity index (χ4v) is 22.3. The quantitative estimate of drug-likeness (QED) is 0.106. The number of hydrogen-bond acceptors (Lipinski definition) is 0. The largest absolute Gasteiger partial charge is 0.309 e. The van der Waals surface area contributed by atoms with Gasteiger partial charge >= 0.3 is 0 Å². The molecule has 70 heavy (non-hydrogen) atoms. The van der Waals surface area contributed by atoms with Crippen molar-refractivity contribution in [1.29, 1.82) is 0 Å². The molecule has 0 spiro atoms. The second-order valence-corrected chi connectivity index (χ2v) is 26.3. The number of fused-ring (bicyclic) bond motifs is 8. The third-order valence-corrected chi connectivity index (χ3v) is 25.0. The summed E-state index contributed by atoms with van der Waals surface area (Å²) in [6.07, 6.45) is 0. The normalized spacial score (nSPS) is 14.3. The average Bonchev–Trinajstić information content (AvgIpc) is 3.96. The zero-order valence-electron chi connectivity index (χ0n) is 38.5. The van der Waals surface area contributed by atoms with Gasteiger partial charge in [0.2, 0.25) is 0 Å². The zero-order chi connectivity index (χ0) is 46.2. The fourth-order valence-electron chi connectivity index (χ4n) is 12.4. The Labute approximate surface area is 409 Å². The van der Waals surface area contributed by atoms with Crippen molar-refractivity contribution < 1.29 is 0 Å². The standard InChI is InChI=1S/C66H46N2Si2/c1-6-21-47(22-7-1)48-37-40-54(41-38-48)70(53-29-14-5-15-30-53)64-35-19-18-34-63(64)68-62-43-39-49(45-58(62)57-32-20-36-65(70)66(57)68)67-60-33-17-16-31-56(60)59-46-55(42-44-61(59)67)69(50-23-8-2-9-24-50,51-25-10-3-11-26-51)52-27-12-4-13-28-52/h1-46H. The van der Waals surface area contributed by atoms with Gasteiger partial charge in [-0.05, 0) is 89.0 Å². The molecule has 4 heteroatoms. The first-order chi connectivity index (χ1) is 34.7. The molecule has 0 N–H and O–H groups in total. The van der Waals surface area contributed by atoms with Crippen LogP contribution in [0.2, 0.25) is 0 Å². The topological polar surface area (TPSA) is 9.86 Å². The Kier molecular flexibility index (Phi) is 9.28. The van der Waals surface area contributed by atoms with Gasteiger partial charge in [-0.15, -0.1) is 0 Å². The van der Waals surface area contributed by atoms with E-state index in [4.69, 9.17) is 0 Å². The van der Waals surface area contributed by atoms with Gasteiger partial charge in [0.05, 0.1) is 22.1 Å². The zero-order valence-corrected chi connectivity index (χ0v) is 40.5. The van der Waals surface area contributed by atoms with E-state index < -0.39 is 16.1 Å². The molecule has 3 heterocycles. The van der Waals surface area contributed by atoms with Crippen LogP contribution in [0.1, 0.15) is 0 Å². The highest BCUT2D eigenvalue weighted by atomic mass is 28.3. The summed E-state index contributed by atoms with van der Waals surface area (Å²) in [5.41, 5.74) is 9.83. The second kappa shape index (κ2) is 16.0. The van der Waals surface area contributed by atoms with Crippen LogP contribution in [-0.4, -0.2) is 25.3 Å². The van der Waals surface area contributed by atoms with Crippen LogP contribution in [0, 0.1) is 0 Å². The molecule has 1 aliphatic rings. The van der Waals surface area contributed by atoms with Crippen LogP contribution in [-0.2, 0) is 0 Å². The molecule has 0 bridgehead atoms. The molecule has 11 aromatic carbocycles. The summed E-state index contributed by atoms with van der Waals surface area (Å²) in [7, 11) is -5.61. The maximum Gasteiger partial charge on any atom is 0.184 e. The van der Waals surface area contributed by atoms with Gasteiger partial charge in [-0.1, -0.05) is 243 Å². The summed E-state index contributed by atoms with van der Waals surface area (Å²) in [5, 5.41) is 16.2. The summed E-state index contributed by atoms with van der Waals surface area (Å²) in [5.74, 6) is 0. The molecule has 2 nitrogen and oxygen atoms in total. The molecular formula is C66H46N2Si2. The van der Waals surface area contributed by atoms with Crippen molar-refractivity contribution in [2.75, 3.05) is 0 Å². The van der Waals surface area contributed by atoms with Crippen LogP contribution < -0.4 is 41.5 Å². The van der Waals surface area contributed by atoms with Crippen LogP contribution >= 0.6 is 0 Å². The number of nitrogens with zero attached hydrogens (tertiary/aromatic N) is 2. The lowest BCUT2D eigenvalue weighted by Gasteiger charge is -2.39. The minimum Gasteiger partial charge on any atom is -0.309 e. The highest BCUT2D eigenvalue weighted by Gasteiger charge is 2.48. The van der Waals surface area contributed by atoms with E-state index >= 15 is 0 Å². The van der Waals surface area contributed by atoms with Crippen molar-refractivity contribution in [2.45, 2.75) is 0 Å². The monoisotopic (exact) mass is 922 g/mol. The van der Waals surface area contributed by atoms with Gasteiger partial charge in [0.1, 0.15) is 0 Å². The molecule has 0 radical (unpaired) electrons.